The number of ketones is 1. The number of rotatable bonds is 13. The molecule has 0 spiro atoms. The van der Waals surface area contributed by atoms with E-state index in [-0.39, 0.29) is 17.3 Å². The molecule has 3 heteroatoms. The lowest BCUT2D eigenvalue weighted by molar-refractivity contribution is -0.128. The second-order valence-electron chi connectivity index (χ2n) is 12.7. The highest BCUT2D eigenvalue weighted by Crippen LogP contribution is 2.41. The fourth-order valence-corrected chi connectivity index (χ4v) is 4.55. The molecule has 0 fully saturated rings. The summed E-state index contributed by atoms with van der Waals surface area (Å²) >= 11 is 0. The zero-order chi connectivity index (χ0) is 32.6. The van der Waals surface area contributed by atoms with Crippen molar-refractivity contribution in [3.8, 4) is 0 Å². The smallest absolute Gasteiger partial charge is 0.186 e. The van der Waals surface area contributed by atoms with Crippen molar-refractivity contribution < 1.29 is 15.0 Å². The predicted molar refractivity (Wildman–Crippen MR) is 187 cm³/mol. The molecule has 43 heavy (non-hydrogen) atoms. The van der Waals surface area contributed by atoms with Crippen LogP contribution in [0.4, 0.5) is 0 Å². The van der Waals surface area contributed by atoms with E-state index in [4.69, 9.17) is 0 Å². The molecular weight excluding hydrogens is 528 g/mol. The Hall–Kier alpha value is -3.53. The van der Waals surface area contributed by atoms with Crippen molar-refractivity contribution in [1.82, 2.24) is 0 Å². The summed E-state index contributed by atoms with van der Waals surface area (Å²) in [5.74, 6) is -0.315. The molecule has 0 aliphatic heterocycles. The van der Waals surface area contributed by atoms with E-state index in [1.807, 2.05) is 56.4 Å². The average molecular weight is 583 g/mol. The van der Waals surface area contributed by atoms with Crippen LogP contribution in [0.1, 0.15) is 82.1 Å². The van der Waals surface area contributed by atoms with E-state index in [0.717, 1.165) is 29.6 Å². The largest absolute Gasteiger partial charge is 0.393 e. The first-order chi connectivity index (χ1) is 20.0. The highest BCUT2D eigenvalue weighted by molar-refractivity contribution is 5.96. The van der Waals surface area contributed by atoms with Crippen molar-refractivity contribution in [2.24, 2.45) is 5.41 Å². The Balaban J connectivity index is 2.64. The van der Waals surface area contributed by atoms with Gasteiger partial charge in [0.15, 0.2) is 5.78 Å². The maximum atomic E-state index is 11.8. The molecule has 0 aromatic rings. The molecule has 1 atom stereocenters. The SMILES string of the molecule is CC(C=CC=C(C)C=CC=C(C)C=CC(=O)C(C)(C)O)=CC=CC=C(C)C=CC=C(C)C=CC1=C(C)C[C@@H](O)CC1(C)C. The molecule has 0 aromatic heterocycles. The molecule has 0 saturated heterocycles. The minimum absolute atomic E-state index is 0.00423. The highest BCUT2D eigenvalue weighted by atomic mass is 16.3. The number of aliphatic hydroxyl groups excluding tert-OH is 1. The molecular formula is C40H54O3. The molecule has 232 valence electrons. The van der Waals surface area contributed by atoms with Crippen molar-refractivity contribution in [2.45, 2.75) is 93.8 Å². The zero-order valence-electron chi connectivity index (χ0n) is 28.1. The van der Waals surface area contributed by atoms with Gasteiger partial charge in [-0.05, 0) is 85.3 Å². The molecule has 0 heterocycles. The average Bonchev–Trinajstić information content (AvgIpc) is 2.88. The fourth-order valence-electron chi connectivity index (χ4n) is 4.55. The van der Waals surface area contributed by atoms with Gasteiger partial charge in [-0.25, -0.2) is 0 Å². The maximum absolute atomic E-state index is 11.8. The Morgan fingerprint density at radius 3 is 1.51 bits per heavy atom. The molecule has 0 aromatic carbocycles. The van der Waals surface area contributed by atoms with Crippen molar-refractivity contribution in [3.05, 3.63) is 142 Å². The Labute approximate surface area is 261 Å². The van der Waals surface area contributed by atoms with E-state index >= 15 is 0 Å². The lowest BCUT2D eigenvalue weighted by Crippen LogP contribution is -2.29. The van der Waals surface area contributed by atoms with E-state index in [9.17, 15) is 15.0 Å². The summed E-state index contributed by atoms with van der Waals surface area (Å²) in [6.07, 6.45) is 35.4. The van der Waals surface area contributed by atoms with E-state index in [0.29, 0.717) is 0 Å². The topological polar surface area (TPSA) is 57.5 Å². The minimum atomic E-state index is -1.35. The van der Waals surface area contributed by atoms with Crippen LogP contribution in [0.2, 0.25) is 0 Å². The molecule has 0 radical (unpaired) electrons. The second-order valence-corrected chi connectivity index (χ2v) is 12.7. The maximum Gasteiger partial charge on any atom is 0.186 e. The zero-order valence-corrected chi connectivity index (χ0v) is 28.1. The third-order valence-electron chi connectivity index (χ3n) is 7.07. The van der Waals surface area contributed by atoms with Crippen LogP contribution >= 0.6 is 0 Å². The van der Waals surface area contributed by atoms with Gasteiger partial charge in [0.05, 0.1) is 6.10 Å². The Kier molecular flexibility index (Phi) is 15.9. The van der Waals surface area contributed by atoms with Crippen LogP contribution < -0.4 is 0 Å². The first kappa shape index (κ1) is 37.5. The first-order valence-electron chi connectivity index (χ1n) is 15.1. The van der Waals surface area contributed by atoms with Gasteiger partial charge in [0, 0.05) is 0 Å². The predicted octanol–water partition coefficient (Wildman–Crippen LogP) is 9.89. The molecule has 1 aliphatic rings. The van der Waals surface area contributed by atoms with Crippen molar-refractivity contribution in [1.29, 1.82) is 0 Å². The number of carbonyl (C=O) groups is 1. The van der Waals surface area contributed by atoms with Crippen molar-refractivity contribution in [2.75, 3.05) is 0 Å². The summed E-state index contributed by atoms with van der Waals surface area (Å²) in [5, 5.41) is 19.8. The van der Waals surface area contributed by atoms with Crippen molar-refractivity contribution in [3.63, 3.8) is 0 Å². The van der Waals surface area contributed by atoms with Gasteiger partial charge in [-0.3, -0.25) is 4.79 Å². The summed E-state index contributed by atoms with van der Waals surface area (Å²) in [7, 11) is 0. The van der Waals surface area contributed by atoms with Crippen LogP contribution in [0.5, 0.6) is 0 Å². The molecule has 0 unspecified atom stereocenters. The second kappa shape index (κ2) is 18.2. The fraction of sp³-hybridized carbons (Fsp3) is 0.375. The standard InChI is InChI=1S/C40H54O3/c1-30(18-13-20-32(3)21-15-23-34(5)25-27-38(42)40(9,10)43)16-11-12-17-31(2)19-14-22-33(4)24-26-37-35(6)28-36(41)29-39(37,7)8/h11-27,36,41,43H,28-29H2,1-10H3/t36-/m1/s1. The van der Waals surface area contributed by atoms with Gasteiger partial charge in [0.25, 0.3) is 0 Å². The summed E-state index contributed by atoms with van der Waals surface area (Å²) < 4.78 is 0. The molecule has 0 bridgehead atoms. The van der Waals surface area contributed by atoms with Crippen molar-refractivity contribution >= 4 is 5.78 Å². The number of carbonyl (C=O) groups excluding carboxylic acids is 1. The number of hydrogen-bond acceptors (Lipinski definition) is 3. The van der Waals surface area contributed by atoms with Gasteiger partial charge in [0.2, 0.25) is 0 Å². The normalized spacial score (nSPS) is 20.5. The van der Waals surface area contributed by atoms with E-state index < -0.39 is 5.60 Å². The van der Waals surface area contributed by atoms with Crippen LogP contribution in [0.3, 0.4) is 0 Å². The summed E-state index contributed by atoms with van der Waals surface area (Å²) in [5.41, 5.74) is 6.80. The Bertz CT molecular complexity index is 1330. The third-order valence-corrected chi connectivity index (χ3v) is 7.07. The van der Waals surface area contributed by atoms with Crippen LogP contribution in [-0.2, 0) is 4.79 Å². The van der Waals surface area contributed by atoms with Gasteiger partial charge in [0.1, 0.15) is 5.60 Å². The molecule has 3 nitrogen and oxygen atoms in total. The number of allylic oxidation sites excluding steroid dienone is 22. The van der Waals surface area contributed by atoms with E-state index in [2.05, 4.69) is 90.2 Å². The highest BCUT2D eigenvalue weighted by Gasteiger charge is 2.31. The summed E-state index contributed by atoms with van der Waals surface area (Å²) in [4.78, 5) is 11.8. The Morgan fingerprint density at radius 1 is 0.698 bits per heavy atom. The van der Waals surface area contributed by atoms with E-state index in [1.54, 1.807) is 6.08 Å². The monoisotopic (exact) mass is 582 g/mol. The molecule has 1 aliphatic carbocycles. The third kappa shape index (κ3) is 16.0. The van der Waals surface area contributed by atoms with Gasteiger partial charge in [-0.2, -0.15) is 0 Å². The van der Waals surface area contributed by atoms with Gasteiger partial charge in [-0.1, -0.05) is 145 Å². The van der Waals surface area contributed by atoms with Gasteiger partial charge in [-0.15, -0.1) is 0 Å². The molecule has 1 rings (SSSR count). The number of aliphatic hydroxyl groups is 2. The quantitative estimate of drug-likeness (QED) is 0.168. The van der Waals surface area contributed by atoms with Crippen LogP contribution in [-0.4, -0.2) is 27.7 Å². The minimum Gasteiger partial charge on any atom is -0.393 e. The molecule has 0 saturated carbocycles. The first-order valence-corrected chi connectivity index (χ1v) is 15.1. The van der Waals surface area contributed by atoms with Gasteiger partial charge >= 0.3 is 0 Å². The molecule has 0 amide bonds. The lowest BCUT2D eigenvalue weighted by atomic mass is 9.71. The summed E-state index contributed by atoms with van der Waals surface area (Å²) in [6, 6.07) is 0. The van der Waals surface area contributed by atoms with Crippen LogP contribution in [0.15, 0.2) is 142 Å². The van der Waals surface area contributed by atoms with Crippen LogP contribution in [0.25, 0.3) is 0 Å². The van der Waals surface area contributed by atoms with E-state index in [1.165, 1.54) is 42.2 Å². The number of hydrogen-bond donors (Lipinski definition) is 2. The van der Waals surface area contributed by atoms with Crippen LogP contribution in [0, 0.1) is 5.41 Å². The summed E-state index contributed by atoms with van der Waals surface area (Å²) in [6.45, 7) is 19.7. The molecule has 2 N–H and O–H groups in total. The Morgan fingerprint density at radius 2 is 1.09 bits per heavy atom. The lowest BCUT2D eigenvalue weighted by Gasteiger charge is -2.35. The van der Waals surface area contributed by atoms with Gasteiger partial charge < -0.3 is 10.2 Å².